The third-order valence-corrected chi connectivity index (χ3v) is 3.78. The van der Waals surface area contributed by atoms with E-state index in [1.165, 1.54) is 0 Å². The maximum atomic E-state index is 11.4. The molecular weight excluding hydrogens is 320 g/mol. The lowest BCUT2D eigenvalue weighted by Gasteiger charge is -2.00. The van der Waals surface area contributed by atoms with Crippen LogP contribution < -0.4 is 0 Å². The molecule has 0 aliphatic carbocycles. The van der Waals surface area contributed by atoms with Crippen molar-refractivity contribution in [2.75, 3.05) is 6.61 Å². The van der Waals surface area contributed by atoms with Crippen LogP contribution in [0.2, 0.25) is 5.02 Å². The first-order chi connectivity index (χ1) is 8.52. The van der Waals surface area contributed by atoms with Crippen molar-refractivity contribution in [3.63, 3.8) is 0 Å². The molecule has 0 saturated heterocycles. The van der Waals surface area contributed by atoms with Crippen molar-refractivity contribution in [2.24, 2.45) is 0 Å². The fraction of sp³-hybridized carbons (Fsp3) is 0.333. The Morgan fingerprint density at radius 1 is 1.61 bits per heavy atom. The normalized spacial score (nSPS) is 10.9. The SMILES string of the molecule is CCOC(=O)Cn1cc2c(C)cc(Br)c(Cl)c2n1. The molecule has 18 heavy (non-hydrogen) atoms. The van der Waals surface area contributed by atoms with Gasteiger partial charge in [0.25, 0.3) is 0 Å². The van der Waals surface area contributed by atoms with Crippen LogP contribution in [0.1, 0.15) is 12.5 Å². The van der Waals surface area contributed by atoms with Crippen LogP contribution in [0.4, 0.5) is 0 Å². The highest BCUT2D eigenvalue weighted by atomic mass is 79.9. The highest BCUT2D eigenvalue weighted by Crippen LogP contribution is 2.32. The zero-order valence-corrected chi connectivity index (χ0v) is 12.4. The Morgan fingerprint density at radius 2 is 2.33 bits per heavy atom. The lowest BCUT2D eigenvalue weighted by Crippen LogP contribution is -2.13. The van der Waals surface area contributed by atoms with E-state index in [4.69, 9.17) is 16.3 Å². The summed E-state index contributed by atoms with van der Waals surface area (Å²) in [5, 5.41) is 5.80. The maximum absolute atomic E-state index is 11.4. The summed E-state index contributed by atoms with van der Waals surface area (Å²) in [6.07, 6.45) is 1.81. The largest absolute Gasteiger partial charge is 0.465 e. The molecule has 1 aromatic carbocycles. The third kappa shape index (κ3) is 2.52. The van der Waals surface area contributed by atoms with Crippen LogP contribution in [0, 0.1) is 6.92 Å². The summed E-state index contributed by atoms with van der Waals surface area (Å²) in [6.45, 7) is 4.20. The highest BCUT2D eigenvalue weighted by molar-refractivity contribution is 9.10. The van der Waals surface area contributed by atoms with Gasteiger partial charge in [-0.05, 0) is 41.4 Å². The summed E-state index contributed by atoms with van der Waals surface area (Å²) >= 11 is 9.55. The predicted octanol–water partition coefficient (Wildman–Crippen LogP) is 3.32. The Hall–Kier alpha value is -1.07. The molecule has 96 valence electrons. The lowest BCUT2D eigenvalue weighted by molar-refractivity contribution is -0.144. The van der Waals surface area contributed by atoms with Gasteiger partial charge in [-0.3, -0.25) is 9.48 Å². The smallest absolute Gasteiger partial charge is 0.327 e. The molecule has 0 atom stereocenters. The molecule has 2 aromatic rings. The van der Waals surface area contributed by atoms with Crippen LogP contribution in [0.5, 0.6) is 0 Å². The number of esters is 1. The van der Waals surface area contributed by atoms with Crippen LogP contribution >= 0.6 is 27.5 Å². The molecule has 0 spiro atoms. The summed E-state index contributed by atoms with van der Waals surface area (Å²) in [6, 6.07) is 1.93. The topological polar surface area (TPSA) is 44.1 Å². The number of carbonyl (C=O) groups excluding carboxylic acids is 1. The van der Waals surface area contributed by atoms with Gasteiger partial charge in [0.05, 0.1) is 11.6 Å². The van der Waals surface area contributed by atoms with E-state index in [1.807, 2.05) is 13.0 Å². The van der Waals surface area contributed by atoms with Gasteiger partial charge < -0.3 is 4.74 Å². The first-order valence-corrected chi connectivity index (χ1v) is 6.67. The second kappa shape index (κ2) is 5.28. The van der Waals surface area contributed by atoms with Crippen molar-refractivity contribution in [2.45, 2.75) is 20.4 Å². The van der Waals surface area contributed by atoms with Crippen molar-refractivity contribution in [3.8, 4) is 0 Å². The number of carbonyl (C=O) groups is 1. The number of fused-ring (bicyclic) bond motifs is 1. The number of hydrogen-bond acceptors (Lipinski definition) is 3. The number of halogens is 2. The first kappa shape index (κ1) is 13.4. The van der Waals surface area contributed by atoms with Gasteiger partial charge in [-0.1, -0.05) is 11.6 Å². The van der Waals surface area contributed by atoms with Gasteiger partial charge >= 0.3 is 5.97 Å². The van der Waals surface area contributed by atoms with Gasteiger partial charge in [0.15, 0.2) is 0 Å². The summed E-state index contributed by atoms with van der Waals surface area (Å²) in [5.41, 5.74) is 1.74. The summed E-state index contributed by atoms with van der Waals surface area (Å²) < 4.78 is 7.24. The van der Waals surface area contributed by atoms with Crippen molar-refractivity contribution < 1.29 is 9.53 Å². The Balaban J connectivity index is 2.41. The van der Waals surface area contributed by atoms with E-state index in [2.05, 4.69) is 21.0 Å². The van der Waals surface area contributed by atoms with E-state index in [9.17, 15) is 4.79 Å². The van der Waals surface area contributed by atoms with Gasteiger partial charge in [-0.25, -0.2) is 0 Å². The Morgan fingerprint density at radius 3 is 3.00 bits per heavy atom. The van der Waals surface area contributed by atoms with Gasteiger partial charge in [-0.15, -0.1) is 0 Å². The predicted molar refractivity (Wildman–Crippen MR) is 73.8 cm³/mol. The quantitative estimate of drug-likeness (QED) is 0.810. The molecule has 0 unspecified atom stereocenters. The molecule has 4 nitrogen and oxygen atoms in total. The third-order valence-electron chi connectivity index (χ3n) is 2.54. The standard InChI is InChI=1S/C12H12BrClN2O2/c1-3-18-10(17)6-16-5-8-7(2)4-9(13)11(14)12(8)15-16/h4-5H,3,6H2,1-2H3. The number of aromatic nitrogens is 2. The number of benzene rings is 1. The molecule has 1 heterocycles. The van der Waals surface area contributed by atoms with E-state index >= 15 is 0 Å². The van der Waals surface area contributed by atoms with E-state index in [-0.39, 0.29) is 12.5 Å². The first-order valence-electron chi connectivity index (χ1n) is 5.50. The van der Waals surface area contributed by atoms with E-state index in [0.717, 1.165) is 15.4 Å². The molecule has 0 radical (unpaired) electrons. The minimum atomic E-state index is -0.307. The molecule has 0 amide bonds. The molecule has 0 fully saturated rings. The molecule has 0 N–H and O–H groups in total. The fourth-order valence-electron chi connectivity index (χ4n) is 1.74. The molecule has 0 saturated carbocycles. The zero-order valence-electron chi connectivity index (χ0n) is 10.0. The molecule has 1 aromatic heterocycles. The number of aryl methyl sites for hydroxylation is 1. The summed E-state index contributed by atoms with van der Waals surface area (Å²) in [7, 11) is 0. The van der Waals surface area contributed by atoms with Gasteiger partial charge in [-0.2, -0.15) is 5.10 Å². The van der Waals surface area contributed by atoms with E-state index in [1.54, 1.807) is 17.8 Å². The lowest BCUT2D eigenvalue weighted by atomic mass is 10.1. The number of ether oxygens (including phenoxy) is 1. The van der Waals surface area contributed by atoms with Gasteiger partial charge in [0, 0.05) is 16.1 Å². The van der Waals surface area contributed by atoms with Gasteiger partial charge in [0.2, 0.25) is 0 Å². The summed E-state index contributed by atoms with van der Waals surface area (Å²) in [5.74, 6) is -0.307. The number of rotatable bonds is 3. The van der Waals surface area contributed by atoms with Gasteiger partial charge in [0.1, 0.15) is 12.1 Å². The van der Waals surface area contributed by atoms with Crippen molar-refractivity contribution in [1.82, 2.24) is 9.78 Å². The Bertz CT molecular complexity index is 610. The van der Waals surface area contributed by atoms with Crippen molar-refractivity contribution >= 4 is 44.4 Å². The summed E-state index contributed by atoms with van der Waals surface area (Å²) in [4.78, 5) is 11.4. The zero-order chi connectivity index (χ0) is 13.3. The van der Waals surface area contributed by atoms with E-state index in [0.29, 0.717) is 17.1 Å². The Labute approximate surface area is 118 Å². The molecular formula is C12H12BrClN2O2. The average Bonchev–Trinajstić information content (AvgIpc) is 2.71. The van der Waals surface area contributed by atoms with Crippen LogP contribution in [0.25, 0.3) is 10.9 Å². The van der Waals surface area contributed by atoms with E-state index < -0.39 is 0 Å². The van der Waals surface area contributed by atoms with Crippen LogP contribution in [0.3, 0.4) is 0 Å². The molecule has 0 bridgehead atoms. The van der Waals surface area contributed by atoms with Crippen molar-refractivity contribution in [1.29, 1.82) is 0 Å². The van der Waals surface area contributed by atoms with Crippen LogP contribution in [-0.2, 0) is 16.1 Å². The van der Waals surface area contributed by atoms with Crippen LogP contribution in [0.15, 0.2) is 16.7 Å². The number of nitrogens with zero attached hydrogens (tertiary/aromatic N) is 2. The minimum absolute atomic E-state index is 0.0932. The molecule has 6 heteroatoms. The average molecular weight is 332 g/mol. The molecule has 0 aliphatic rings. The monoisotopic (exact) mass is 330 g/mol. The molecule has 0 aliphatic heterocycles. The van der Waals surface area contributed by atoms with Crippen molar-refractivity contribution in [3.05, 3.63) is 27.3 Å². The molecule has 2 rings (SSSR count). The second-order valence-electron chi connectivity index (χ2n) is 3.88. The maximum Gasteiger partial charge on any atom is 0.327 e. The highest BCUT2D eigenvalue weighted by Gasteiger charge is 2.12. The fourth-order valence-corrected chi connectivity index (χ4v) is 2.46. The minimum Gasteiger partial charge on any atom is -0.465 e. The second-order valence-corrected chi connectivity index (χ2v) is 5.12. The Kier molecular flexibility index (Phi) is 3.92. The van der Waals surface area contributed by atoms with Crippen LogP contribution in [-0.4, -0.2) is 22.4 Å². The number of hydrogen-bond donors (Lipinski definition) is 0.